The zero-order chi connectivity index (χ0) is 23.3. The average molecular weight is 485 g/mol. The number of aromatic nitrogens is 1. The molecule has 1 aromatic heterocycles. The lowest BCUT2D eigenvalue weighted by molar-refractivity contribution is -0.169. The van der Waals surface area contributed by atoms with E-state index < -0.39 is 5.79 Å². The third-order valence-corrected chi connectivity index (χ3v) is 7.73. The molecule has 4 fully saturated rings. The maximum Gasteiger partial charge on any atom is 0.257 e. The summed E-state index contributed by atoms with van der Waals surface area (Å²) < 4.78 is 11.8. The van der Waals surface area contributed by atoms with Crippen molar-refractivity contribution in [3.05, 3.63) is 35.0 Å². The molecular weight excluding hydrogens is 456 g/mol. The van der Waals surface area contributed by atoms with Gasteiger partial charge in [0.2, 0.25) is 5.91 Å². The molecule has 1 saturated carbocycles. The summed E-state index contributed by atoms with van der Waals surface area (Å²) in [5, 5.41) is 1.49. The normalized spacial score (nSPS) is 22.6. The number of nitrogens with zero attached hydrogens (tertiary/aromatic N) is 4. The minimum Gasteiger partial charge on any atom is -0.370 e. The van der Waals surface area contributed by atoms with Crippen molar-refractivity contribution in [2.45, 2.75) is 31.5 Å². The Balaban J connectivity index is 1.28. The number of amides is 2. The Kier molecular flexibility index (Phi) is 5.62. The monoisotopic (exact) mass is 484 g/mol. The fourth-order valence-corrected chi connectivity index (χ4v) is 5.57. The molecule has 0 bridgehead atoms. The van der Waals surface area contributed by atoms with Crippen molar-refractivity contribution >= 4 is 40.0 Å². The number of hydrogen-bond acceptors (Lipinski definition) is 6. The summed E-state index contributed by atoms with van der Waals surface area (Å²) in [5.41, 5.74) is 2.27. The number of carbonyl (C=O) groups excluding carboxylic acids is 2. The van der Waals surface area contributed by atoms with E-state index in [-0.39, 0.29) is 17.7 Å². The van der Waals surface area contributed by atoms with Crippen LogP contribution in [-0.4, -0.2) is 84.9 Å². The largest absolute Gasteiger partial charge is 0.370 e. The molecule has 0 unspecified atom stereocenters. The van der Waals surface area contributed by atoms with Crippen molar-refractivity contribution in [3.63, 3.8) is 0 Å². The number of piperazine rings is 1. The Morgan fingerprint density at radius 3 is 2.32 bits per heavy atom. The molecule has 1 aliphatic carbocycles. The number of hydrogen-bond donors (Lipinski definition) is 0. The van der Waals surface area contributed by atoms with Crippen LogP contribution < -0.4 is 4.90 Å². The maximum atomic E-state index is 13.7. The second-order valence-electron chi connectivity index (χ2n) is 9.67. The molecule has 3 aliphatic heterocycles. The summed E-state index contributed by atoms with van der Waals surface area (Å²) in [6.45, 7) is 4.95. The van der Waals surface area contributed by atoms with E-state index in [2.05, 4.69) is 9.88 Å². The van der Waals surface area contributed by atoms with Gasteiger partial charge in [0, 0.05) is 74.6 Å². The number of pyridine rings is 1. The summed E-state index contributed by atoms with van der Waals surface area (Å²) in [6.07, 6.45) is 5.18. The number of anilines is 1. The number of halogens is 1. The van der Waals surface area contributed by atoms with E-state index in [0.29, 0.717) is 50.0 Å². The summed E-state index contributed by atoms with van der Waals surface area (Å²) >= 11 is 6.37. The van der Waals surface area contributed by atoms with Crippen LogP contribution in [0.5, 0.6) is 0 Å². The number of rotatable bonds is 3. The van der Waals surface area contributed by atoms with Crippen LogP contribution in [-0.2, 0) is 14.3 Å². The van der Waals surface area contributed by atoms with Crippen LogP contribution in [0, 0.1) is 5.92 Å². The fourth-order valence-electron chi connectivity index (χ4n) is 5.39. The van der Waals surface area contributed by atoms with Gasteiger partial charge in [0.15, 0.2) is 5.79 Å². The van der Waals surface area contributed by atoms with Crippen LogP contribution in [0.1, 0.15) is 36.0 Å². The standard InChI is InChI=1S/C25H29ClN4O4/c26-18-3-4-21-19(15-18)22(28-7-5-25(6-8-28)33-13-14-34-25)20(16-27-21)24(32)30-11-9-29(10-12-30)23(31)17-1-2-17/h3-4,15-17H,1-2,5-14H2. The molecule has 0 radical (unpaired) electrons. The quantitative estimate of drug-likeness (QED) is 0.667. The molecule has 4 aliphatic rings. The number of carbonyl (C=O) groups is 2. The molecule has 0 atom stereocenters. The Hall–Kier alpha value is -2.42. The highest BCUT2D eigenvalue weighted by atomic mass is 35.5. The van der Waals surface area contributed by atoms with Gasteiger partial charge >= 0.3 is 0 Å². The van der Waals surface area contributed by atoms with Crippen LogP contribution >= 0.6 is 11.6 Å². The zero-order valence-electron chi connectivity index (χ0n) is 19.2. The zero-order valence-corrected chi connectivity index (χ0v) is 19.9. The smallest absolute Gasteiger partial charge is 0.257 e. The van der Waals surface area contributed by atoms with E-state index in [1.165, 1.54) is 0 Å². The molecule has 2 aromatic rings. The third-order valence-electron chi connectivity index (χ3n) is 7.49. The Morgan fingerprint density at radius 2 is 1.65 bits per heavy atom. The summed E-state index contributed by atoms with van der Waals surface area (Å²) in [5.74, 6) is -0.0885. The molecule has 2 amide bonds. The summed E-state index contributed by atoms with van der Waals surface area (Å²) in [7, 11) is 0. The number of ether oxygens (including phenoxy) is 2. The van der Waals surface area contributed by atoms with E-state index in [0.717, 1.165) is 55.4 Å². The van der Waals surface area contributed by atoms with Gasteiger partial charge < -0.3 is 24.2 Å². The van der Waals surface area contributed by atoms with Gasteiger partial charge in [-0.2, -0.15) is 0 Å². The topological polar surface area (TPSA) is 75.2 Å². The number of piperidine rings is 1. The third kappa shape index (κ3) is 4.01. The molecule has 8 nitrogen and oxygen atoms in total. The molecule has 1 aromatic carbocycles. The summed E-state index contributed by atoms with van der Waals surface area (Å²) in [4.78, 5) is 36.8. The van der Waals surface area contributed by atoms with Crippen molar-refractivity contribution in [1.82, 2.24) is 14.8 Å². The molecule has 34 heavy (non-hydrogen) atoms. The molecule has 4 heterocycles. The van der Waals surface area contributed by atoms with Gasteiger partial charge in [0.1, 0.15) is 0 Å². The fraction of sp³-hybridized carbons (Fsp3) is 0.560. The maximum absolute atomic E-state index is 13.7. The van der Waals surface area contributed by atoms with Gasteiger partial charge in [-0.15, -0.1) is 0 Å². The minimum atomic E-state index is -0.494. The first kappa shape index (κ1) is 22.1. The second kappa shape index (κ2) is 8.66. The lowest BCUT2D eigenvalue weighted by Crippen LogP contribution is -2.51. The van der Waals surface area contributed by atoms with E-state index >= 15 is 0 Å². The minimum absolute atomic E-state index is 0.0449. The molecule has 180 valence electrons. The predicted octanol–water partition coefficient (Wildman–Crippen LogP) is 2.93. The van der Waals surface area contributed by atoms with E-state index in [1.807, 2.05) is 28.0 Å². The average Bonchev–Trinajstić information content (AvgIpc) is 3.63. The van der Waals surface area contributed by atoms with Gasteiger partial charge in [0.25, 0.3) is 5.91 Å². The van der Waals surface area contributed by atoms with Crippen molar-refractivity contribution < 1.29 is 19.1 Å². The predicted molar refractivity (Wildman–Crippen MR) is 128 cm³/mol. The Bertz CT molecular complexity index is 1110. The SMILES string of the molecule is O=C(c1cnc2ccc(Cl)cc2c1N1CCC2(CC1)OCCO2)N1CCN(C(=O)C2CC2)CC1. The molecular formula is C25H29ClN4O4. The highest BCUT2D eigenvalue weighted by Crippen LogP contribution is 2.38. The van der Waals surface area contributed by atoms with Crippen LogP contribution in [0.3, 0.4) is 0 Å². The van der Waals surface area contributed by atoms with Gasteiger partial charge in [-0.1, -0.05) is 11.6 Å². The van der Waals surface area contributed by atoms with Crippen LogP contribution in [0.2, 0.25) is 5.02 Å². The Morgan fingerprint density at radius 1 is 0.971 bits per heavy atom. The molecule has 1 spiro atoms. The van der Waals surface area contributed by atoms with Crippen molar-refractivity contribution in [1.29, 1.82) is 0 Å². The second-order valence-corrected chi connectivity index (χ2v) is 10.1. The number of fused-ring (bicyclic) bond motifs is 1. The van der Waals surface area contributed by atoms with Crippen LogP contribution in [0.25, 0.3) is 10.9 Å². The van der Waals surface area contributed by atoms with E-state index in [1.54, 1.807) is 6.20 Å². The molecule has 3 saturated heterocycles. The first-order chi connectivity index (χ1) is 16.5. The van der Waals surface area contributed by atoms with Crippen LogP contribution in [0.4, 0.5) is 5.69 Å². The van der Waals surface area contributed by atoms with Crippen molar-refractivity contribution in [2.24, 2.45) is 5.92 Å². The van der Waals surface area contributed by atoms with Gasteiger partial charge in [-0.05, 0) is 31.0 Å². The van der Waals surface area contributed by atoms with Crippen molar-refractivity contribution in [3.8, 4) is 0 Å². The van der Waals surface area contributed by atoms with E-state index in [9.17, 15) is 9.59 Å². The first-order valence-corrected chi connectivity index (χ1v) is 12.6. The number of benzene rings is 1. The molecule has 6 rings (SSSR count). The molecule has 9 heteroatoms. The molecule has 0 N–H and O–H groups in total. The van der Waals surface area contributed by atoms with Gasteiger partial charge in [0.05, 0.1) is 30.0 Å². The highest BCUT2D eigenvalue weighted by Gasteiger charge is 2.41. The van der Waals surface area contributed by atoms with E-state index in [4.69, 9.17) is 21.1 Å². The lowest BCUT2D eigenvalue weighted by atomic mass is 10.00. The van der Waals surface area contributed by atoms with Crippen molar-refractivity contribution in [2.75, 3.05) is 57.4 Å². The first-order valence-electron chi connectivity index (χ1n) is 12.2. The van der Waals surface area contributed by atoms with Crippen LogP contribution in [0.15, 0.2) is 24.4 Å². The van der Waals surface area contributed by atoms with Gasteiger partial charge in [-0.3, -0.25) is 14.6 Å². The Labute approximate surface area is 203 Å². The summed E-state index contributed by atoms with van der Waals surface area (Å²) in [6, 6.07) is 5.62. The highest BCUT2D eigenvalue weighted by molar-refractivity contribution is 6.31. The lowest BCUT2D eigenvalue weighted by Gasteiger charge is -2.40. The van der Waals surface area contributed by atoms with Gasteiger partial charge in [-0.25, -0.2) is 0 Å².